The lowest BCUT2D eigenvalue weighted by atomic mass is 10.2. The van der Waals surface area contributed by atoms with Crippen LogP contribution in [-0.4, -0.2) is 78.2 Å². The number of pyridine rings is 1. The van der Waals surface area contributed by atoms with Crippen LogP contribution in [0.2, 0.25) is 0 Å². The molecule has 128 valence electrons. The fraction of sp³-hybridized carbons (Fsp3) is 0.625. The maximum atomic E-state index is 12.7. The summed E-state index contributed by atoms with van der Waals surface area (Å²) in [6.45, 7) is 6.12. The number of aliphatic hydroxyl groups is 1. The highest BCUT2D eigenvalue weighted by molar-refractivity contribution is 5.99. The molecular weight excluding hydrogens is 316 g/mol. The molecule has 7 heteroatoms. The molecule has 3 rings (SSSR count). The van der Waals surface area contributed by atoms with Crippen LogP contribution in [-0.2, 0) is 0 Å². The van der Waals surface area contributed by atoms with Crippen molar-refractivity contribution in [2.75, 3.05) is 57.3 Å². The highest BCUT2D eigenvalue weighted by Crippen LogP contribution is 2.22. The highest BCUT2D eigenvalue weighted by Gasteiger charge is 2.26. The van der Waals surface area contributed by atoms with Crippen LogP contribution < -0.4 is 4.90 Å². The van der Waals surface area contributed by atoms with E-state index in [1.165, 1.54) is 0 Å². The Hall–Kier alpha value is -1.37. The van der Waals surface area contributed by atoms with Crippen molar-refractivity contribution >= 4 is 24.1 Å². The Kier molecular flexibility index (Phi) is 6.62. The summed E-state index contributed by atoms with van der Waals surface area (Å²) in [5.74, 6) is 0.918. The van der Waals surface area contributed by atoms with Gasteiger partial charge in [0.2, 0.25) is 0 Å². The molecule has 6 nitrogen and oxygen atoms in total. The molecule has 0 radical (unpaired) electrons. The normalized spacial score (nSPS) is 18.8. The monoisotopic (exact) mass is 340 g/mol. The van der Waals surface area contributed by atoms with E-state index in [-0.39, 0.29) is 24.9 Å². The van der Waals surface area contributed by atoms with Gasteiger partial charge in [0.15, 0.2) is 0 Å². The van der Waals surface area contributed by atoms with Gasteiger partial charge in [-0.05, 0) is 25.0 Å². The first-order chi connectivity index (χ1) is 10.8. The van der Waals surface area contributed by atoms with Gasteiger partial charge in [-0.3, -0.25) is 9.69 Å². The zero-order valence-corrected chi connectivity index (χ0v) is 14.2. The molecule has 1 N–H and O–H groups in total. The molecule has 0 atom stereocenters. The number of aliphatic hydroxyl groups excluding tert-OH is 1. The molecule has 0 saturated carbocycles. The number of amides is 1. The van der Waals surface area contributed by atoms with E-state index < -0.39 is 0 Å². The minimum absolute atomic E-state index is 0. The molecule has 0 aliphatic carbocycles. The van der Waals surface area contributed by atoms with E-state index in [4.69, 9.17) is 5.11 Å². The summed E-state index contributed by atoms with van der Waals surface area (Å²) in [7, 11) is 0. The topological polar surface area (TPSA) is 59.9 Å². The average molecular weight is 341 g/mol. The summed E-state index contributed by atoms with van der Waals surface area (Å²) in [5, 5.41) is 9.02. The lowest BCUT2D eigenvalue weighted by Gasteiger charge is -2.36. The Labute approximate surface area is 143 Å². The van der Waals surface area contributed by atoms with Crippen LogP contribution in [0.25, 0.3) is 0 Å². The first-order valence-corrected chi connectivity index (χ1v) is 8.12. The standard InChI is InChI=1S/C16H24N4O2.ClH/c21-13-12-18-8-10-19(11-9-18)15-14(4-3-5-17-15)16(22)20-6-1-2-7-20;/h3-5,21H,1-2,6-13H2;1H. The molecule has 1 aromatic rings. The van der Waals surface area contributed by atoms with E-state index in [1.54, 1.807) is 6.20 Å². The number of rotatable bonds is 4. The number of hydrogen-bond donors (Lipinski definition) is 1. The predicted octanol–water partition coefficient (Wildman–Crippen LogP) is 0.854. The third kappa shape index (κ3) is 4.13. The fourth-order valence-corrected chi connectivity index (χ4v) is 3.23. The Morgan fingerprint density at radius 2 is 1.83 bits per heavy atom. The lowest BCUT2D eigenvalue weighted by molar-refractivity contribution is 0.0793. The zero-order valence-electron chi connectivity index (χ0n) is 13.4. The minimum atomic E-state index is 0. The Bertz CT molecular complexity index is 515. The van der Waals surface area contributed by atoms with Crippen molar-refractivity contribution < 1.29 is 9.90 Å². The number of halogens is 1. The summed E-state index contributed by atoms with van der Waals surface area (Å²) < 4.78 is 0. The van der Waals surface area contributed by atoms with Crippen LogP contribution in [0, 0.1) is 0 Å². The van der Waals surface area contributed by atoms with Crippen molar-refractivity contribution in [2.45, 2.75) is 12.8 Å². The van der Waals surface area contributed by atoms with Crippen LogP contribution in [0.4, 0.5) is 5.82 Å². The van der Waals surface area contributed by atoms with Gasteiger partial charge >= 0.3 is 0 Å². The summed E-state index contributed by atoms with van der Waals surface area (Å²) in [6.07, 6.45) is 3.96. The quantitative estimate of drug-likeness (QED) is 0.880. The molecular formula is C16H25ClN4O2. The Morgan fingerprint density at radius 1 is 1.13 bits per heavy atom. The Morgan fingerprint density at radius 3 is 2.48 bits per heavy atom. The van der Waals surface area contributed by atoms with Gasteiger partial charge in [-0.25, -0.2) is 4.98 Å². The van der Waals surface area contributed by atoms with E-state index in [0.29, 0.717) is 0 Å². The van der Waals surface area contributed by atoms with E-state index in [2.05, 4.69) is 14.8 Å². The minimum Gasteiger partial charge on any atom is -0.395 e. The van der Waals surface area contributed by atoms with Crippen molar-refractivity contribution in [3.63, 3.8) is 0 Å². The maximum Gasteiger partial charge on any atom is 0.257 e. The molecule has 23 heavy (non-hydrogen) atoms. The smallest absolute Gasteiger partial charge is 0.257 e. The van der Waals surface area contributed by atoms with E-state index in [9.17, 15) is 4.79 Å². The van der Waals surface area contributed by atoms with Crippen molar-refractivity contribution in [1.29, 1.82) is 0 Å². The van der Waals surface area contributed by atoms with Gasteiger partial charge in [-0.15, -0.1) is 12.4 Å². The van der Waals surface area contributed by atoms with E-state index in [1.807, 2.05) is 17.0 Å². The van der Waals surface area contributed by atoms with Crippen molar-refractivity contribution in [3.8, 4) is 0 Å². The molecule has 0 aromatic carbocycles. The number of hydrogen-bond acceptors (Lipinski definition) is 5. The molecule has 0 unspecified atom stereocenters. The van der Waals surface area contributed by atoms with Gasteiger partial charge < -0.3 is 14.9 Å². The molecule has 0 spiro atoms. The number of nitrogens with zero attached hydrogens (tertiary/aromatic N) is 4. The largest absolute Gasteiger partial charge is 0.395 e. The van der Waals surface area contributed by atoms with Gasteiger partial charge in [-0.2, -0.15) is 0 Å². The van der Waals surface area contributed by atoms with Gasteiger partial charge in [-0.1, -0.05) is 0 Å². The highest BCUT2D eigenvalue weighted by atomic mass is 35.5. The van der Waals surface area contributed by atoms with Gasteiger partial charge in [0, 0.05) is 52.0 Å². The molecule has 0 bridgehead atoms. The van der Waals surface area contributed by atoms with E-state index in [0.717, 1.165) is 70.0 Å². The van der Waals surface area contributed by atoms with Crippen LogP contribution in [0.15, 0.2) is 18.3 Å². The summed E-state index contributed by atoms with van der Waals surface area (Å²) in [4.78, 5) is 23.5. The number of piperazine rings is 1. The van der Waals surface area contributed by atoms with Crippen LogP contribution >= 0.6 is 12.4 Å². The fourth-order valence-electron chi connectivity index (χ4n) is 3.23. The van der Waals surface area contributed by atoms with Crippen molar-refractivity contribution in [2.24, 2.45) is 0 Å². The molecule has 1 amide bonds. The number of β-amino-alcohol motifs (C(OH)–C–C–N with tert-alkyl or cyclic N) is 1. The summed E-state index contributed by atoms with van der Waals surface area (Å²) in [6, 6.07) is 3.73. The van der Waals surface area contributed by atoms with Crippen molar-refractivity contribution in [1.82, 2.24) is 14.8 Å². The second-order valence-corrected chi connectivity index (χ2v) is 5.93. The number of carbonyl (C=O) groups excluding carboxylic acids is 1. The van der Waals surface area contributed by atoms with Crippen molar-refractivity contribution in [3.05, 3.63) is 23.9 Å². The number of likely N-dealkylation sites (tertiary alicyclic amines) is 1. The van der Waals surface area contributed by atoms with Crippen LogP contribution in [0.1, 0.15) is 23.2 Å². The van der Waals surface area contributed by atoms with Crippen LogP contribution in [0.3, 0.4) is 0 Å². The predicted molar refractivity (Wildman–Crippen MR) is 92.4 cm³/mol. The molecule has 3 heterocycles. The van der Waals surface area contributed by atoms with E-state index >= 15 is 0 Å². The third-order valence-corrected chi connectivity index (χ3v) is 4.50. The summed E-state index contributed by atoms with van der Waals surface area (Å²) in [5.41, 5.74) is 0.722. The SMILES string of the molecule is Cl.O=C(c1cccnc1N1CCN(CCO)CC1)N1CCCC1. The number of anilines is 1. The Balaban J connectivity index is 0.00000192. The number of aromatic nitrogens is 1. The molecule has 2 aliphatic heterocycles. The molecule has 2 aliphatic rings. The third-order valence-electron chi connectivity index (χ3n) is 4.50. The molecule has 2 fully saturated rings. The first-order valence-electron chi connectivity index (χ1n) is 8.12. The number of carbonyl (C=O) groups is 1. The summed E-state index contributed by atoms with van der Waals surface area (Å²) >= 11 is 0. The average Bonchev–Trinajstić information content (AvgIpc) is 3.10. The molecule has 2 saturated heterocycles. The van der Waals surface area contributed by atoms with Gasteiger partial charge in [0.25, 0.3) is 5.91 Å². The second-order valence-electron chi connectivity index (χ2n) is 5.93. The van der Waals surface area contributed by atoms with Gasteiger partial charge in [0.05, 0.1) is 12.2 Å². The second kappa shape index (κ2) is 8.47. The lowest BCUT2D eigenvalue weighted by Crippen LogP contribution is -2.48. The first kappa shape index (κ1) is 18.0. The van der Waals surface area contributed by atoms with Gasteiger partial charge in [0.1, 0.15) is 5.82 Å². The molecule has 1 aromatic heterocycles. The maximum absolute atomic E-state index is 12.7. The zero-order chi connectivity index (χ0) is 15.4. The van der Waals surface area contributed by atoms with Crippen LogP contribution in [0.5, 0.6) is 0 Å².